The minimum absolute atomic E-state index is 0.0761. The van der Waals surface area contributed by atoms with Gasteiger partial charge in [0.05, 0.1) is 11.4 Å². The van der Waals surface area contributed by atoms with Gasteiger partial charge in [0.15, 0.2) is 4.96 Å². The Bertz CT molecular complexity index is 870. The summed E-state index contributed by atoms with van der Waals surface area (Å²) in [5.74, 6) is -0.267. The Labute approximate surface area is 136 Å². The molecule has 2 N–H and O–H groups in total. The number of fused-ring (bicyclic) bond motifs is 1. The minimum atomic E-state index is -0.457. The smallest absolute Gasteiger partial charge is 0.246 e. The molecule has 1 saturated heterocycles. The molecule has 3 aromatic rings. The molecule has 0 bridgehead atoms. The summed E-state index contributed by atoms with van der Waals surface area (Å²) in [4.78, 5) is 29.1. The van der Waals surface area contributed by atoms with E-state index in [1.54, 1.807) is 11.3 Å². The summed E-state index contributed by atoms with van der Waals surface area (Å²) in [5, 5.41) is 7.56. The van der Waals surface area contributed by atoms with Crippen molar-refractivity contribution in [1.82, 2.24) is 14.7 Å². The lowest BCUT2D eigenvalue weighted by molar-refractivity contribution is -0.122. The highest BCUT2D eigenvalue weighted by molar-refractivity contribution is 7.15. The summed E-state index contributed by atoms with van der Waals surface area (Å²) in [7, 11) is 0. The number of nitrogens with one attached hydrogen (secondary N) is 2. The van der Waals surface area contributed by atoms with E-state index in [4.69, 9.17) is 0 Å². The highest BCUT2D eigenvalue weighted by Gasteiger charge is 2.27. The van der Waals surface area contributed by atoms with Crippen molar-refractivity contribution in [3.05, 3.63) is 42.0 Å². The molecule has 1 aliphatic rings. The Hall–Kier alpha value is -2.67. The van der Waals surface area contributed by atoms with E-state index in [0.29, 0.717) is 18.5 Å². The first-order chi connectivity index (χ1) is 11.2. The van der Waals surface area contributed by atoms with Crippen LogP contribution in [0, 0.1) is 0 Å². The molecular formula is C16H14N4O2S. The predicted molar refractivity (Wildman–Crippen MR) is 88.3 cm³/mol. The van der Waals surface area contributed by atoms with E-state index in [1.807, 2.05) is 46.4 Å². The van der Waals surface area contributed by atoms with E-state index in [0.717, 1.165) is 16.2 Å². The zero-order valence-corrected chi connectivity index (χ0v) is 13.0. The van der Waals surface area contributed by atoms with Gasteiger partial charge in [-0.05, 0) is 12.5 Å². The number of amides is 2. The maximum absolute atomic E-state index is 12.3. The van der Waals surface area contributed by atoms with Crippen LogP contribution in [-0.4, -0.2) is 27.2 Å². The molecule has 3 heterocycles. The number of aromatic nitrogens is 2. The average Bonchev–Trinajstić information content (AvgIpc) is 3.23. The Kier molecular flexibility index (Phi) is 3.34. The number of hydrogen-bond donors (Lipinski definition) is 2. The van der Waals surface area contributed by atoms with Crippen molar-refractivity contribution in [3.63, 3.8) is 0 Å². The molecule has 0 radical (unpaired) electrons. The fourth-order valence-electron chi connectivity index (χ4n) is 2.70. The number of anilines is 1. The Morgan fingerprint density at radius 3 is 3.04 bits per heavy atom. The molecule has 116 valence electrons. The molecule has 1 aromatic carbocycles. The summed E-state index contributed by atoms with van der Waals surface area (Å²) in [6, 6.07) is 7.09. The van der Waals surface area contributed by atoms with Gasteiger partial charge in [0.2, 0.25) is 11.8 Å². The van der Waals surface area contributed by atoms with E-state index in [9.17, 15) is 9.59 Å². The van der Waals surface area contributed by atoms with Gasteiger partial charge in [0.1, 0.15) is 6.04 Å². The molecule has 23 heavy (non-hydrogen) atoms. The second kappa shape index (κ2) is 5.51. The van der Waals surface area contributed by atoms with E-state index in [2.05, 4.69) is 15.6 Å². The zero-order chi connectivity index (χ0) is 15.8. The number of benzene rings is 1. The first-order valence-corrected chi connectivity index (χ1v) is 8.20. The van der Waals surface area contributed by atoms with Crippen LogP contribution >= 0.6 is 11.3 Å². The number of carbonyl (C=O) groups is 2. The normalized spacial score (nSPS) is 17.4. The number of para-hydroxylation sites is 1. The number of carbonyl (C=O) groups excluding carboxylic acids is 2. The van der Waals surface area contributed by atoms with Crippen LogP contribution in [-0.2, 0) is 9.59 Å². The fraction of sp³-hybridized carbons (Fsp3) is 0.188. The third-order valence-corrected chi connectivity index (χ3v) is 4.64. The monoisotopic (exact) mass is 326 g/mol. The lowest BCUT2D eigenvalue weighted by atomic mass is 10.1. The third-order valence-electron chi connectivity index (χ3n) is 3.87. The summed E-state index contributed by atoms with van der Waals surface area (Å²) in [6.45, 7) is 0. The number of hydrogen-bond acceptors (Lipinski definition) is 4. The van der Waals surface area contributed by atoms with Crippen molar-refractivity contribution in [3.8, 4) is 11.3 Å². The van der Waals surface area contributed by atoms with Crippen LogP contribution in [0.5, 0.6) is 0 Å². The molecule has 2 aromatic heterocycles. The van der Waals surface area contributed by atoms with Crippen molar-refractivity contribution < 1.29 is 9.59 Å². The zero-order valence-electron chi connectivity index (χ0n) is 12.2. The molecule has 0 spiro atoms. The second-order valence-electron chi connectivity index (χ2n) is 5.41. The highest BCUT2D eigenvalue weighted by Crippen LogP contribution is 2.28. The third kappa shape index (κ3) is 2.59. The number of imidazole rings is 1. The number of rotatable bonds is 3. The van der Waals surface area contributed by atoms with Crippen LogP contribution in [0.2, 0.25) is 0 Å². The SMILES string of the molecule is O=C1CC[C@@H](C(=O)Nc2ccccc2-c2cn3ccsc3n2)N1. The van der Waals surface area contributed by atoms with E-state index in [1.165, 1.54) is 0 Å². The Morgan fingerprint density at radius 1 is 1.39 bits per heavy atom. The first-order valence-electron chi connectivity index (χ1n) is 7.32. The minimum Gasteiger partial charge on any atom is -0.344 e. The van der Waals surface area contributed by atoms with Crippen molar-refractivity contribution in [2.75, 3.05) is 5.32 Å². The van der Waals surface area contributed by atoms with Crippen molar-refractivity contribution in [1.29, 1.82) is 0 Å². The fourth-order valence-corrected chi connectivity index (χ4v) is 3.40. The van der Waals surface area contributed by atoms with Gasteiger partial charge in [-0.2, -0.15) is 0 Å². The van der Waals surface area contributed by atoms with Gasteiger partial charge in [-0.1, -0.05) is 18.2 Å². The quantitative estimate of drug-likeness (QED) is 0.775. The second-order valence-corrected chi connectivity index (χ2v) is 6.29. The lowest BCUT2D eigenvalue weighted by Crippen LogP contribution is -2.37. The molecule has 0 aliphatic carbocycles. The standard InChI is InChI=1S/C16H14N4O2S/c21-14-6-5-12(17-14)15(22)18-11-4-2-1-3-10(11)13-9-20-7-8-23-16(20)19-13/h1-4,7-9,12H,5-6H2,(H,17,21)(H,18,22)/t12-/m0/s1. The van der Waals surface area contributed by atoms with Crippen molar-refractivity contribution in [2.24, 2.45) is 0 Å². The maximum Gasteiger partial charge on any atom is 0.246 e. The molecule has 2 amide bonds. The molecule has 0 unspecified atom stereocenters. The van der Waals surface area contributed by atoms with Crippen LogP contribution in [0.4, 0.5) is 5.69 Å². The van der Waals surface area contributed by atoms with Crippen LogP contribution in [0.25, 0.3) is 16.2 Å². The van der Waals surface area contributed by atoms with Gasteiger partial charge in [-0.25, -0.2) is 4.98 Å². The summed E-state index contributed by atoms with van der Waals surface area (Å²) in [5.41, 5.74) is 2.37. The lowest BCUT2D eigenvalue weighted by Gasteiger charge is -2.13. The van der Waals surface area contributed by atoms with E-state index < -0.39 is 6.04 Å². The molecule has 1 aliphatic heterocycles. The van der Waals surface area contributed by atoms with Gasteiger partial charge in [0.25, 0.3) is 0 Å². The molecule has 1 fully saturated rings. The van der Waals surface area contributed by atoms with Gasteiger partial charge in [-0.3, -0.25) is 14.0 Å². The largest absolute Gasteiger partial charge is 0.344 e. The Balaban J connectivity index is 1.63. The molecule has 4 rings (SSSR count). The highest BCUT2D eigenvalue weighted by atomic mass is 32.1. The predicted octanol–water partition coefficient (Wildman–Crippen LogP) is 2.28. The number of nitrogens with zero attached hydrogens (tertiary/aromatic N) is 2. The summed E-state index contributed by atoms with van der Waals surface area (Å²) >= 11 is 1.56. The molecule has 1 atom stereocenters. The first kappa shape index (κ1) is 14.0. The summed E-state index contributed by atoms with van der Waals surface area (Å²) in [6.07, 6.45) is 4.82. The average molecular weight is 326 g/mol. The van der Waals surface area contributed by atoms with Gasteiger partial charge in [-0.15, -0.1) is 11.3 Å². The number of thiazole rings is 1. The van der Waals surface area contributed by atoms with Crippen LogP contribution < -0.4 is 10.6 Å². The van der Waals surface area contributed by atoms with Crippen LogP contribution in [0.15, 0.2) is 42.0 Å². The van der Waals surface area contributed by atoms with E-state index >= 15 is 0 Å². The van der Waals surface area contributed by atoms with Crippen LogP contribution in [0.1, 0.15) is 12.8 Å². The molecular weight excluding hydrogens is 312 g/mol. The molecule has 0 saturated carbocycles. The van der Waals surface area contributed by atoms with Gasteiger partial charge >= 0.3 is 0 Å². The van der Waals surface area contributed by atoms with E-state index in [-0.39, 0.29) is 11.8 Å². The van der Waals surface area contributed by atoms with Gasteiger partial charge < -0.3 is 10.6 Å². The van der Waals surface area contributed by atoms with Crippen LogP contribution in [0.3, 0.4) is 0 Å². The molecule has 6 nitrogen and oxygen atoms in total. The Morgan fingerprint density at radius 2 is 2.26 bits per heavy atom. The van der Waals surface area contributed by atoms with Gasteiger partial charge in [0, 0.05) is 29.8 Å². The van der Waals surface area contributed by atoms with Crippen molar-refractivity contribution >= 4 is 33.8 Å². The summed E-state index contributed by atoms with van der Waals surface area (Å²) < 4.78 is 1.95. The topological polar surface area (TPSA) is 75.5 Å². The molecule has 7 heteroatoms. The maximum atomic E-state index is 12.3. The van der Waals surface area contributed by atoms with Crippen molar-refractivity contribution in [2.45, 2.75) is 18.9 Å².